The predicted molar refractivity (Wildman–Crippen MR) is 121 cm³/mol. The minimum atomic E-state index is 0.0169. The molecule has 0 atom stereocenters. The van der Waals surface area contributed by atoms with Crippen molar-refractivity contribution < 1.29 is 4.79 Å². The molecule has 0 saturated carbocycles. The van der Waals surface area contributed by atoms with E-state index in [1.54, 1.807) is 29.3 Å². The Hall–Kier alpha value is -3.72. The molecule has 32 heavy (non-hydrogen) atoms. The molecule has 4 aromatic rings. The molecule has 9 nitrogen and oxygen atoms in total. The normalized spacial score (nSPS) is 14.2. The number of hydrogen-bond acceptors (Lipinski definition) is 8. The van der Waals surface area contributed by atoms with Crippen LogP contribution in [0.4, 0.5) is 5.82 Å². The Morgan fingerprint density at radius 1 is 1.12 bits per heavy atom. The van der Waals surface area contributed by atoms with Crippen LogP contribution in [0.25, 0.3) is 22.2 Å². The quantitative estimate of drug-likeness (QED) is 0.431. The van der Waals surface area contributed by atoms with Crippen molar-refractivity contribution in [3.63, 3.8) is 0 Å². The molecule has 0 unspecified atom stereocenters. The number of carbonyl (C=O) groups is 1. The average molecular weight is 429 g/mol. The maximum absolute atomic E-state index is 13.0. The van der Waals surface area contributed by atoms with Gasteiger partial charge in [-0.25, -0.2) is 4.98 Å². The Morgan fingerprint density at radius 3 is 2.72 bits per heavy atom. The Labute approximate surface area is 185 Å². The summed E-state index contributed by atoms with van der Waals surface area (Å²) >= 11 is 0. The third-order valence-corrected chi connectivity index (χ3v) is 5.85. The zero-order valence-electron chi connectivity index (χ0n) is 18.3. The zero-order valence-corrected chi connectivity index (χ0v) is 18.3. The molecule has 0 N–H and O–H groups in total. The molecule has 0 bridgehead atoms. The maximum Gasteiger partial charge on any atom is 0.169 e. The van der Waals surface area contributed by atoms with Gasteiger partial charge >= 0.3 is 0 Å². The first-order chi connectivity index (χ1) is 15.5. The van der Waals surface area contributed by atoms with Gasteiger partial charge in [0.1, 0.15) is 11.5 Å². The van der Waals surface area contributed by atoms with E-state index in [1.165, 1.54) is 0 Å². The Morgan fingerprint density at radius 2 is 1.97 bits per heavy atom. The van der Waals surface area contributed by atoms with Crippen LogP contribution in [-0.2, 0) is 13.5 Å². The molecule has 5 heterocycles. The van der Waals surface area contributed by atoms with Crippen molar-refractivity contribution in [1.82, 2.24) is 34.8 Å². The van der Waals surface area contributed by atoms with Gasteiger partial charge in [0, 0.05) is 60.8 Å². The lowest BCUT2D eigenvalue weighted by Gasteiger charge is -2.43. The standard InChI is InChI=1S/C23H24N8O/c1-29(2)19-12-31(13-19)23-8-15(4-5-24-23)22(32)9-18-7-16-6-17(10-26-20(16)11-25-18)21-14-30(3)28-27-21/h4-8,10-11,14,19H,9,12-13H2,1-3H3. The highest BCUT2D eigenvalue weighted by atomic mass is 16.1. The van der Waals surface area contributed by atoms with E-state index in [2.05, 4.69) is 49.2 Å². The summed E-state index contributed by atoms with van der Waals surface area (Å²) in [7, 11) is 5.99. The van der Waals surface area contributed by atoms with Crippen molar-refractivity contribution in [3.8, 4) is 11.3 Å². The van der Waals surface area contributed by atoms with E-state index in [9.17, 15) is 4.79 Å². The highest BCUT2D eigenvalue weighted by Gasteiger charge is 2.29. The lowest BCUT2D eigenvalue weighted by Crippen LogP contribution is -2.57. The SMILES string of the molecule is CN(C)C1CN(c2cc(C(=O)Cc3cc4cc(-c5cn(C)nn5)cnc4cn3)ccn2)C1. The molecule has 1 fully saturated rings. The summed E-state index contributed by atoms with van der Waals surface area (Å²) < 4.78 is 1.65. The van der Waals surface area contributed by atoms with Crippen LogP contribution in [0.3, 0.4) is 0 Å². The van der Waals surface area contributed by atoms with E-state index < -0.39 is 0 Å². The first-order valence-electron chi connectivity index (χ1n) is 10.5. The fraction of sp³-hybridized carbons (Fsp3) is 0.304. The summed E-state index contributed by atoms with van der Waals surface area (Å²) in [5.41, 5.74) is 3.75. The van der Waals surface area contributed by atoms with Crippen LogP contribution in [0.15, 0.2) is 49.1 Å². The van der Waals surface area contributed by atoms with Gasteiger partial charge in [-0.1, -0.05) is 5.21 Å². The first-order valence-corrected chi connectivity index (χ1v) is 10.5. The topological polar surface area (TPSA) is 92.9 Å². The van der Waals surface area contributed by atoms with Crippen molar-refractivity contribution in [1.29, 1.82) is 0 Å². The fourth-order valence-electron chi connectivity index (χ4n) is 3.79. The summed E-state index contributed by atoms with van der Waals surface area (Å²) in [5.74, 6) is 0.862. The van der Waals surface area contributed by atoms with Crippen LogP contribution in [0.2, 0.25) is 0 Å². The van der Waals surface area contributed by atoms with Gasteiger partial charge < -0.3 is 9.80 Å². The van der Waals surface area contributed by atoms with Crippen molar-refractivity contribution in [2.24, 2.45) is 7.05 Å². The second-order valence-corrected chi connectivity index (χ2v) is 8.39. The Kier molecular flexibility index (Phi) is 5.10. The van der Waals surface area contributed by atoms with E-state index in [-0.39, 0.29) is 12.2 Å². The van der Waals surface area contributed by atoms with Crippen LogP contribution in [0.5, 0.6) is 0 Å². The molecule has 0 radical (unpaired) electrons. The number of aryl methyl sites for hydroxylation is 1. The molecule has 5 rings (SSSR count). The minimum absolute atomic E-state index is 0.0169. The van der Waals surface area contributed by atoms with Crippen molar-refractivity contribution in [3.05, 3.63) is 60.3 Å². The molecule has 9 heteroatoms. The van der Waals surface area contributed by atoms with Crippen LogP contribution in [0.1, 0.15) is 16.1 Å². The first kappa shape index (κ1) is 20.2. The summed E-state index contributed by atoms with van der Waals surface area (Å²) in [4.78, 5) is 30.7. The summed E-state index contributed by atoms with van der Waals surface area (Å²) in [5, 5.41) is 9.03. The Bertz CT molecular complexity index is 1290. The van der Waals surface area contributed by atoms with Gasteiger partial charge in [-0.05, 0) is 38.4 Å². The number of hydrogen-bond donors (Lipinski definition) is 0. The lowest BCUT2D eigenvalue weighted by molar-refractivity contribution is 0.0992. The number of carbonyl (C=O) groups excluding carboxylic acids is 1. The zero-order chi connectivity index (χ0) is 22.2. The van der Waals surface area contributed by atoms with Gasteiger partial charge in [-0.3, -0.25) is 19.4 Å². The number of likely N-dealkylation sites (N-methyl/N-ethyl adjacent to an activating group) is 1. The second kappa shape index (κ2) is 8.08. The molecular weight excluding hydrogens is 404 g/mol. The largest absolute Gasteiger partial charge is 0.353 e. The average Bonchev–Trinajstić information content (AvgIpc) is 3.18. The van der Waals surface area contributed by atoms with Crippen LogP contribution < -0.4 is 4.90 Å². The molecule has 1 saturated heterocycles. The van der Waals surface area contributed by atoms with Crippen molar-refractivity contribution >= 4 is 22.5 Å². The molecule has 1 aliphatic rings. The van der Waals surface area contributed by atoms with Crippen LogP contribution in [0, 0.1) is 0 Å². The molecule has 0 aliphatic carbocycles. The number of fused-ring (bicyclic) bond motifs is 1. The smallest absolute Gasteiger partial charge is 0.169 e. The number of pyridine rings is 3. The summed E-state index contributed by atoms with van der Waals surface area (Å²) in [6.07, 6.45) is 7.23. The molecule has 1 aliphatic heterocycles. The number of Topliss-reactive ketones (excluding diaryl/α,β-unsaturated/α-hetero) is 1. The third-order valence-electron chi connectivity index (χ3n) is 5.85. The summed E-state index contributed by atoms with van der Waals surface area (Å²) in [6, 6.07) is 8.09. The van der Waals surface area contributed by atoms with Gasteiger partial charge in [0.2, 0.25) is 0 Å². The molecule has 0 spiro atoms. The predicted octanol–water partition coefficient (Wildman–Crippen LogP) is 2.00. The fourth-order valence-corrected chi connectivity index (χ4v) is 3.79. The lowest BCUT2D eigenvalue weighted by atomic mass is 10.0. The van der Waals surface area contributed by atoms with E-state index >= 15 is 0 Å². The van der Waals surface area contributed by atoms with E-state index in [4.69, 9.17) is 0 Å². The number of anilines is 1. The van der Waals surface area contributed by atoms with Gasteiger partial charge in [0.05, 0.1) is 24.3 Å². The summed E-state index contributed by atoms with van der Waals surface area (Å²) in [6.45, 7) is 1.84. The second-order valence-electron chi connectivity index (χ2n) is 8.39. The van der Waals surface area contributed by atoms with Gasteiger partial charge in [-0.15, -0.1) is 5.10 Å². The highest BCUT2D eigenvalue weighted by Crippen LogP contribution is 2.23. The van der Waals surface area contributed by atoms with Gasteiger partial charge in [0.15, 0.2) is 5.78 Å². The Balaban J connectivity index is 1.34. The minimum Gasteiger partial charge on any atom is -0.353 e. The maximum atomic E-state index is 13.0. The van der Waals surface area contributed by atoms with Gasteiger partial charge in [0.25, 0.3) is 0 Å². The van der Waals surface area contributed by atoms with Crippen molar-refractivity contribution in [2.45, 2.75) is 12.5 Å². The van der Waals surface area contributed by atoms with Crippen molar-refractivity contribution in [2.75, 3.05) is 32.1 Å². The molecule has 4 aromatic heterocycles. The third kappa shape index (κ3) is 3.94. The highest BCUT2D eigenvalue weighted by molar-refractivity contribution is 5.98. The van der Waals surface area contributed by atoms with Gasteiger partial charge in [-0.2, -0.15) is 0 Å². The molecule has 162 valence electrons. The molecular formula is C23H24N8O. The monoisotopic (exact) mass is 428 g/mol. The number of rotatable bonds is 6. The molecule has 0 amide bonds. The number of ketones is 1. The van der Waals surface area contributed by atoms with Crippen LogP contribution in [-0.4, -0.2) is 73.9 Å². The number of nitrogens with zero attached hydrogens (tertiary/aromatic N) is 8. The van der Waals surface area contributed by atoms with E-state index in [1.807, 2.05) is 31.4 Å². The molecule has 0 aromatic carbocycles. The van der Waals surface area contributed by atoms with Crippen LogP contribution >= 0.6 is 0 Å². The van der Waals surface area contributed by atoms with E-state index in [0.717, 1.165) is 41.1 Å². The number of aromatic nitrogens is 6. The van der Waals surface area contributed by atoms with E-state index in [0.29, 0.717) is 17.3 Å².